The van der Waals surface area contributed by atoms with Gasteiger partial charge in [0.25, 0.3) is 5.91 Å². The van der Waals surface area contributed by atoms with E-state index in [2.05, 4.69) is 10.3 Å². The predicted octanol–water partition coefficient (Wildman–Crippen LogP) is 1.33. The molecular formula is C19H29F3N4O6S. The summed E-state index contributed by atoms with van der Waals surface area (Å²) in [7, 11) is -3.22. The third-order valence-electron chi connectivity index (χ3n) is 5.36. The molecule has 1 aromatic heterocycles. The number of nitrogens with one attached hydrogen (secondary N) is 1. The number of carbonyl (C=O) groups excluding carboxylic acids is 1. The molecule has 2 aliphatic heterocycles. The lowest BCUT2D eigenvalue weighted by atomic mass is 9.89. The highest BCUT2D eigenvalue weighted by Crippen LogP contribution is 2.40. The van der Waals surface area contributed by atoms with E-state index >= 15 is 0 Å². The number of imidazole rings is 1. The molecule has 0 aromatic carbocycles. The Balaban J connectivity index is 0.000000479. The molecule has 188 valence electrons. The molecule has 14 heteroatoms. The Morgan fingerprint density at radius 2 is 1.91 bits per heavy atom. The van der Waals surface area contributed by atoms with E-state index in [1.165, 1.54) is 4.31 Å². The van der Waals surface area contributed by atoms with Crippen LogP contribution in [0.15, 0.2) is 12.4 Å². The fourth-order valence-electron chi connectivity index (χ4n) is 3.60. The minimum atomic E-state index is -5.08. The van der Waals surface area contributed by atoms with Crippen LogP contribution in [0, 0.1) is 5.92 Å². The maximum atomic E-state index is 12.6. The van der Waals surface area contributed by atoms with Crippen molar-refractivity contribution in [1.82, 2.24) is 19.2 Å². The topological polar surface area (TPSA) is 131 Å². The maximum absolute atomic E-state index is 12.6. The molecule has 1 atom stereocenters. The molecule has 1 amide bonds. The molecule has 3 rings (SSSR count). The van der Waals surface area contributed by atoms with Gasteiger partial charge in [0.05, 0.1) is 12.3 Å². The number of aromatic nitrogens is 2. The summed E-state index contributed by atoms with van der Waals surface area (Å²) in [6.45, 7) is 7.52. The van der Waals surface area contributed by atoms with Crippen molar-refractivity contribution in [3.05, 3.63) is 18.2 Å². The maximum Gasteiger partial charge on any atom is 0.490 e. The van der Waals surface area contributed by atoms with E-state index in [0.717, 1.165) is 5.82 Å². The van der Waals surface area contributed by atoms with Gasteiger partial charge in [0.2, 0.25) is 10.0 Å². The number of sulfonamides is 1. The van der Waals surface area contributed by atoms with Gasteiger partial charge in [-0.15, -0.1) is 0 Å². The summed E-state index contributed by atoms with van der Waals surface area (Å²) in [5.41, 5.74) is -0.707. The Bertz CT molecular complexity index is 940. The number of hydrogen-bond acceptors (Lipinski definition) is 6. The first-order valence-corrected chi connectivity index (χ1v) is 12.1. The minimum absolute atomic E-state index is 0.0930. The SMILES string of the molecule is CCS(=O)(=O)N1CCC2(CC1)OC(C(=O)NCC(C)C)Cn1ccnc12.O=C(O)C(F)(F)F. The molecule has 0 radical (unpaired) electrons. The van der Waals surface area contributed by atoms with Gasteiger partial charge < -0.3 is 19.7 Å². The quantitative estimate of drug-likeness (QED) is 0.626. The number of ether oxygens (including phenoxy) is 1. The smallest absolute Gasteiger partial charge is 0.475 e. The molecule has 3 heterocycles. The molecule has 1 unspecified atom stereocenters. The van der Waals surface area contributed by atoms with E-state index in [4.69, 9.17) is 14.6 Å². The van der Waals surface area contributed by atoms with Crippen LogP contribution in [-0.4, -0.2) is 76.9 Å². The number of carboxylic acid groups (broad SMARTS) is 1. The number of alkyl halides is 3. The van der Waals surface area contributed by atoms with Gasteiger partial charge in [-0.25, -0.2) is 22.5 Å². The van der Waals surface area contributed by atoms with Crippen molar-refractivity contribution in [3.8, 4) is 0 Å². The number of amides is 1. The summed E-state index contributed by atoms with van der Waals surface area (Å²) in [5, 5.41) is 10.1. The third kappa shape index (κ3) is 6.67. The average molecular weight is 499 g/mol. The van der Waals surface area contributed by atoms with Crippen LogP contribution in [-0.2, 0) is 36.5 Å². The molecule has 1 saturated heterocycles. The fourth-order valence-corrected chi connectivity index (χ4v) is 4.71. The largest absolute Gasteiger partial charge is 0.490 e. The lowest BCUT2D eigenvalue weighted by Gasteiger charge is -2.45. The van der Waals surface area contributed by atoms with Crippen molar-refractivity contribution in [1.29, 1.82) is 0 Å². The van der Waals surface area contributed by atoms with E-state index in [0.29, 0.717) is 44.9 Å². The van der Waals surface area contributed by atoms with E-state index < -0.39 is 33.9 Å². The number of fused-ring (bicyclic) bond motifs is 2. The summed E-state index contributed by atoms with van der Waals surface area (Å²) in [6, 6.07) is 0. The Kier molecular flexibility index (Phi) is 8.52. The number of piperidine rings is 1. The van der Waals surface area contributed by atoms with Gasteiger partial charge in [0, 0.05) is 32.0 Å². The first-order chi connectivity index (χ1) is 15.2. The summed E-state index contributed by atoms with van der Waals surface area (Å²) >= 11 is 0. The number of carbonyl (C=O) groups is 2. The van der Waals surface area contributed by atoms with Crippen molar-refractivity contribution in [2.24, 2.45) is 5.92 Å². The Morgan fingerprint density at radius 1 is 1.33 bits per heavy atom. The van der Waals surface area contributed by atoms with Crippen LogP contribution < -0.4 is 5.32 Å². The molecule has 1 spiro atoms. The molecule has 1 aromatic rings. The van der Waals surface area contributed by atoms with Gasteiger partial charge in [-0.1, -0.05) is 13.8 Å². The summed E-state index contributed by atoms with van der Waals surface area (Å²) in [6.07, 6.45) is -1.11. The lowest BCUT2D eigenvalue weighted by Crippen LogP contribution is -2.55. The van der Waals surface area contributed by atoms with Crippen molar-refractivity contribution in [2.45, 2.75) is 58.0 Å². The second-order valence-corrected chi connectivity index (χ2v) is 10.5. The van der Waals surface area contributed by atoms with Gasteiger partial charge in [-0.3, -0.25) is 4.79 Å². The van der Waals surface area contributed by atoms with E-state index in [9.17, 15) is 26.4 Å². The van der Waals surface area contributed by atoms with Crippen LogP contribution in [0.1, 0.15) is 39.4 Å². The standard InChI is InChI=1S/C17H28N4O4S.C2HF3O2/c1-4-26(23,24)21-8-5-17(6-9-21)16-18-7-10-20(16)12-14(25-17)15(22)19-11-13(2)3;3-2(4,5)1(6)7/h7,10,13-14H,4-6,8-9,11-12H2,1-3H3,(H,19,22);(H,6,7). The highest BCUT2D eigenvalue weighted by atomic mass is 32.2. The first-order valence-electron chi connectivity index (χ1n) is 10.5. The third-order valence-corrected chi connectivity index (χ3v) is 7.24. The van der Waals surface area contributed by atoms with Crippen molar-refractivity contribution >= 4 is 21.9 Å². The van der Waals surface area contributed by atoms with Crippen LogP contribution in [0.25, 0.3) is 0 Å². The van der Waals surface area contributed by atoms with Crippen LogP contribution in [0.3, 0.4) is 0 Å². The number of hydrogen-bond donors (Lipinski definition) is 2. The van der Waals surface area contributed by atoms with E-state index in [1.807, 2.05) is 24.6 Å². The molecule has 1 fully saturated rings. The van der Waals surface area contributed by atoms with Crippen LogP contribution in [0.5, 0.6) is 0 Å². The fraction of sp³-hybridized carbons (Fsp3) is 0.737. The number of halogens is 3. The van der Waals surface area contributed by atoms with Crippen LogP contribution in [0.4, 0.5) is 13.2 Å². The highest BCUT2D eigenvalue weighted by Gasteiger charge is 2.48. The number of nitrogens with zero attached hydrogens (tertiary/aromatic N) is 3. The van der Waals surface area contributed by atoms with Gasteiger partial charge in [-0.2, -0.15) is 13.2 Å². The average Bonchev–Trinajstić information content (AvgIpc) is 3.22. The van der Waals surface area contributed by atoms with Crippen molar-refractivity contribution < 1.29 is 41.0 Å². The lowest BCUT2D eigenvalue weighted by molar-refractivity contribution is -0.192. The zero-order valence-electron chi connectivity index (χ0n) is 18.6. The second-order valence-electron chi connectivity index (χ2n) is 8.25. The molecule has 2 N–H and O–H groups in total. The molecule has 2 aliphatic rings. The number of aliphatic carboxylic acids is 1. The molecule has 0 bridgehead atoms. The van der Waals surface area contributed by atoms with Gasteiger partial charge in [0.15, 0.2) is 6.10 Å². The van der Waals surface area contributed by atoms with Gasteiger partial charge in [-0.05, 0) is 25.7 Å². The van der Waals surface area contributed by atoms with E-state index in [1.54, 1.807) is 13.1 Å². The highest BCUT2D eigenvalue weighted by molar-refractivity contribution is 7.89. The molecule has 0 saturated carbocycles. The normalized spacial score (nSPS) is 20.6. The molecule has 33 heavy (non-hydrogen) atoms. The minimum Gasteiger partial charge on any atom is -0.475 e. The molecular weight excluding hydrogens is 469 g/mol. The van der Waals surface area contributed by atoms with Crippen LogP contribution in [0.2, 0.25) is 0 Å². The van der Waals surface area contributed by atoms with Crippen LogP contribution >= 0.6 is 0 Å². The van der Waals surface area contributed by atoms with Crippen molar-refractivity contribution in [3.63, 3.8) is 0 Å². The first kappa shape index (κ1) is 27.1. The summed E-state index contributed by atoms with van der Waals surface area (Å²) in [5.74, 6) is -1.63. The Labute approximate surface area is 190 Å². The second kappa shape index (κ2) is 10.4. The van der Waals surface area contributed by atoms with E-state index in [-0.39, 0.29) is 11.7 Å². The van der Waals surface area contributed by atoms with Gasteiger partial charge >= 0.3 is 12.1 Å². The summed E-state index contributed by atoms with van der Waals surface area (Å²) < 4.78 is 65.8. The predicted molar refractivity (Wildman–Crippen MR) is 111 cm³/mol. The summed E-state index contributed by atoms with van der Waals surface area (Å²) in [4.78, 5) is 25.9. The number of carboxylic acids is 1. The molecule has 10 nitrogen and oxygen atoms in total. The zero-order chi connectivity index (χ0) is 25.0. The Morgan fingerprint density at radius 3 is 2.39 bits per heavy atom. The number of rotatable bonds is 5. The van der Waals surface area contributed by atoms with Crippen molar-refractivity contribution in [2.75, 3.05) is 25.4 Å². The monoisotopic (exact) mass is 498 g/mol. The molecule has 0 aliphatic carbocycles. The zero-order valence-corrected chi connectivity index (χ0v) is 19.4. The Hall–Kier alpha value is -2.19. The van der Waals surface area contributed by atoms with Gasteiger partial charge in [0.1, 0.15) is 11.4 Å².